The third-order valence-corrected chi connectivity index (χ3v) is 3.93. The molecule has 1 aromatic heterocycles. The number of carbonyl (C=O) groups is 1. The molecule has 1 fully saturated rings. The van der Waals surface area contributed by atoms with Gasteiger partial charge in [-0.3, -0.25) is 10.3 Å². The van der Waals surface area contributed by atoms with Gasteiger partial charge in [0.15, 0.2) is 0 Å². The van der Waals surface area contributed by atoms with Gasteiger partial charge in [-0.15, -0.1) is 0 Å². The van der Waals surface area contributed by atoms with E-state index in [-0.39, 0.29) is 11.5 Å². The van der Waals surface area contributed by atoms with Crippen LogP contribution in [0.1, 0.15) is 0 Å². The molecule has 0 aliphatic carbocycles. The Balaban J connectivity index is 2.13. The Labute approximate surface area is 153 Å². The highest BCUT2D eigenvalue weighted by Crippen LogP contribution is 2.25. The van der Waals surface area contributed by atoms with Crippen molar-refractivity contribution in [1.29, 1.82) is 0 Å². The Morgan fingerprint density at radius 2 is 2.40 bits per heavy atom. The molecule has 1 aliphatic heterocycles. The Bertz CT molecular complexity index is 734. The van der Waals surface area contributed by atoms with Crippen LogP contribution in [0.25, 0.3) is 0 Å². The Hall–Kier alpha value is -2.46. The summed E-state index contributed by atoms with van der Waals surface area (Å²) in [5.41, 5.74) is 7.28. The number of methoxy groups -OCH3 is 1. The standard InChI is InChI=1S/C15H19BrN6O3/c1-21(24)12-3-4-13(16)19-14(12)20-15(23)22-8-10(7-17)11(9-22)18-5-6-25-2/h3-4,7H,1,5-6,8-9,17H2,2H3,(H,19,20,23). The van der Waals surface area contributed by atoms with Crippen LogP contribution in [0, 0.1) is 5.21 Å². The highest BCUT2D eigenvalue weighted by molar-refractivity contribution is 9.10. The lowest BCUT2D eigenvalue weighted by atomic mass is 10.2. The van der Waals surface area contributed by atoms with Crippen molar-refractivity contribution in [2.45, 2.75) is 0 Å². The average molecular weight is 411 g/mol. The second kappa shape index (κ2) is 8.58. The number of nitrogens with two attached hydrogens (primary N) is 1. The summed E-state index contributed by atoms with van der Waals surface area (Å²) in [6.07, 6.45) is 1.44. The van der Waals surface area contributed by atoms with E-state index in [1.165, 1.54) is 17.2 Å². The molecular weight excluding hydrogens is 392 g/mol. The van der Waals surface area contributed by atoms with Crippen molar-refractivity contribution >= 4 is 45.9 Å². The van der Waals surface area contributed by atoms with Crippen molar-refractivity contribution in [3.8, 4) is 0 Å². The van der Waals surface area contributed by atoms with E-state index in [0.29, 0.717) is 35.6 Å². The molecule has 0 radical (unpaired) electrons. The first-order valence-electron chi connectivity index (χ1n) is 7.40. The molecule has 2 rings (SSSR count). The fourth-order valence-electron chi connectivity index (χ4n) is 2.25. The minimum absolute atomic E-state index is 0.118. The van der Waals surface area contributed by atoms with E-state index in [1.807, 2.05) is 0 Å². The molecule has 3 N–H and O–H groups in total. The summed E-state index contributed by atoms with van der Waals surface area (Å²) in [4.78, 5) is 22.5. The third-order valence-electron chi connectivity index (χ3n) is 3.49. The zero-order valence-corrected chi connectivity index (χ0v) is 15.3. The molecule has 2 amide bonds. The Kier molecular flexibility index (Phi) is 6.48. The lowest BCUT2D eigenvalue weighted by Gasteiger charge is -2.16. The largest absolute Gasteiger partial charge is 0.619 e. The van der Waals surface area contributed by atoms with Gasteiger partial charge in [-0.2, -0.15) is 4.74 Å². The number of nitrogens with zero attached hydrogens (tertiary/aromatic N) is 4. The third kappa shape index (κ3) is 4.77. The maximum absolute atomic E-state index is 12.5. The zero-order valence-electron chi connectivity index (χ0n) is 13.7. The number of aromatic nitrogens is 1. The highest BCUT2D eigenvalue weighted by Gasteiger charge is 2.28. The highest BCUT2D eigenvalue weighted by atomic mass is 79.9. The number of hydrogen-bond acceptors (Lipinski definition) is 6. The fraction of sp³-hybridized carbons (Fsp3) is 0.333. The van der Waals surface area contributed by atoms with E-state index in [2.05, 4.69) is 37.9 Å². The molecule has 2 heterocycles. The van der Waals surface area contributed by atoms with Gasteiger partial charge in [0.1, 0.15) is 11.3 Å². The van der Waals surface area contributed by atoms with Crippen molar-refractivity contribution in [3.05, 3.63) is 33.7 Å². The topological polar surface area (TPSA) is 119 Å². The molecule has 1 aromatic rings. The van der Waals surface area contributed by atoms with E-state index in [4.69, 9.17) is 10.5 Å². The maximum atomic E-state index is 12.5. The van der Waals surface area contributed by atoms with Crippen LogP contribution in [-0.2, 0) is 4.74 Å². The molecule has 0 aromatic carbocycles. The second-order valence-electron chi connectivity index (χ2n) is 5.18. The number of nitrogens with one attached hydrogen (secondary N) is 1. The number of urea groups is 1. The van der Waals surface area contributed by atoms with Gasteiger partial charge in [0, 0.05) is 24.9 Å². The van der Waals surface area contributed by atoms with Crippen LogP contribution in [0.2, 0.25) is 0 Å². The molecule has 0 unspecified atom stereocenters. The minimum atomic E-state index is -0.412. The quantitative estimate of drug-likeness (QED) is 0.190. The van der Waals surface area contributed by atoms with Crippen molar-refractivity contribution < 1.29 is 14.3 Å². The van der Waals surface area contributed by atoms with Gasteiger partial charge in [0.25, 0.3) is 5.69 Å². The molecule has 0 atom stereocenters. The summed E-state index contributed by atoms with van der Waals surface area (Å²) in [6, 6.07) is 2.69. The first kappa shape index (κ1) is 18.9. The number of anilines is 1. The second-order valence-corrected chi connectivity index (χ2v) is 5.99. The molecule has 25 heavy (non-hydrogen) atoms. The maximum Gasteiger partial charge on any atom is 0.323 e. The van der Waals surface area contributed by atoms with E-state index in [0.717, 1.165) is 11.3 Å². The van der Waals surface area contributed by atoms with Crippen LogP contribution in [0.5, 0.6) is 0 Å². The first-order chi connectivity index (χ1) is 12.0. The van der Waals surface area contributed by atoms with Crippen molar-refractivity contribution in [2.75, 3.05) is 38.7 Å². The lowest BCUT2D eigenvalue weighted by molar-refractivity contribution is -0.349. The van der Waals surface area contributed by atoms with Gasteiger partial charge in [-0.05, 0) is 22.0 Å². The summed E-state index contributed by atoms with van der Waals surface area (Å²) < 4.78 is 5.84. The van der Waals surface area contributed by atoms with Crippen molar-refractivity contribution in [3.63, 3.8) is 0 Å². The van der Waals surface area contributed by atoms with Crippen LogP contribution in [0.15, 0.2) is 33.5 Å². The Morgan fingerprint density at radius 3 is 3.04 bits per heavy atom. The molecule has 1 aliphatic rings. The van der Waals surface area contributed by atoms with Crippen LogP contribution in [0.4, 0.5) is 16.3 Å². The van der Waals surface area contributed by atoms with E-state index in [1.54, 1.807) is 13.2 Å². The molecular formula is C15H19BrN6O3. The molecule has 0 saturated carbocycles. The number of ether oxygens (including phenoxy) is 1. The Morgan fingerprint density at radius 1 is 1.64 bits per heavy atom. The van der Waals surface area contributed by atoms with Crippen molar-refractivity contribution in [2.24, 2.45) is 10.7 Å². The minimum Gasteiger partial charge on any atom is -0.619 e. The number of aliphatic imine (C=N–C) groups is 1. The van der Waals surface area contributed by atoms with Gasteiger partial charge in [-0.1, -0.05) is 0 Å². The number of pyridine rings is 1. The lowest BCUT2D eigenvalue weighted by Crippen LogP contribution is -2.33. The van der Waals surface area contributed by atoms with Gasteiger partial charge in [0.2, 0.25) is 5.82 Å². The number of hydrogen-bond donors (Lipinski definition) is 2. The average Bonchev–Trinajstić information content (AvgIpc) is 2.98. The summed E-state index contributed by atoms with van der Waals surface area (Å²) in [7, 11) is 1.60. The van der Waals surface area contributed by atoms with E-state index < -0.39 is 6.03 Å². The van der Waals surface area contributed by atoms with Crippen LogP contribution >= 0.6 is 15.9 Å². The molecule has 134 valence electrons. The van der Waals surface area contributed by atoms with Gasteiger partial charge in [0.05, 0.1) is 32.0 Å². The van der Waals surface area contributed by atoms with Crippen LogP contribution in [-0.4, -0.2) is 66.4 Å². The molecule has 10 heteroatoms. The predicted molar refractivity (Wildman–Crippen MR) is 99.4 cm³/mol. The normalized spacial score (nSPS) is 17.3. The van der Waals surface area contributed by atoms with Crippen LogP contribution in [0.3, 0.4) is 0 Å². The summed E-state index contributed by atoms with van der Waals surface area (Å²) in [5, 5.41) is 14.1. The van der Waals surface area contributed by atoms with E-state index in [9.17, 15) is 10.0 Å². The number of likely N-dealkylation sites (tertiary alicyclic amines) is 1. The van der Waals surface area contributed by atoms with Crippen molar-refractivity contribution in [1.82, 2.24) is 9.88 Å². The number of halogens is 1. The summed E-state index contributed by atoms with van der Waals surface area (Å²) >= 11 is 3.21. The number of carbonyl (C=O) groups excluding carboxylic acids is 1. The smallest absolute Gasteiger partial charge is 0.323 e. The molecule has 9 nitrogen and oxygen atoms in total. The van der Waals surface area contributed by atoms with E-state index >= 15 is 0 Å². The number of amides is 2. The van der Waals surface area contributed by atoms with Gasteiger partial charge in [-0.25, -0.2) is 9.78 Å². The molecule has 0 spiro atoms. The first-order valence-corrected chi connectivity index (χ1v) is 8.19. The van der Waals surface area contributed by atoms with Crippen LogP contribution < -0.4 is 11.1 Å². The zero-order chi connectivity index (χ0) is 18.4. The van der Waals surface area contributed by atoms with Gasteiger partial charge >= 0.3 is 6.03 Å². The number of rotatable bonds is 5. The molecule has 0 bridgehead atoms. The fourth-order valence-corrected chi connectivity index (χ4v) is 2.56. The summed E-state index contributed by atoms with van der Waals surface area (Å²) in [6.45, 7) is 4.90. The predicted octanol–water partition coefficient (Wildman–Crippen LogP) is 1.46. The SMILES string of the molecule is C=[N+]([O-])c1ccc(Br)nc1NC(=O)N1CC(=CN)C(=NCCOC)C1. The summed E-state index contributed by atoms with van der Waals surface area (Å²) in [5.74, 6) is 0.118. The molecule has 1 saturated heterocycles. The monoisotopic (exact) mass is 410 g/mol. The van der Waals surface area contributed by atoms with Gasteiger partial charge < -0.3 is 20.6 Å².